The first-order valence-corrected chi connectivity index (χ1v) is 10.4. The third kappa shape index (κ3) is 3.13. The summed E-state index contributed by atoms with van der Waals surface area (Å²) in [5.74, 6) is 2.21. The fourth-order valence-corrected chi connectivity index (χ4v) is 4.06. The molecule has 1 aliphatic heterocycles. The van der Waals surface area contributed by atoms with Gasteiger partial charge in [-0.2, -0.15) is 5.10 Å². The predicted molar refractivity (Wildman–Crippen MR) is 110 cm³/mol. The van der Waals surface area contributed by atoms with Gasteiger partial charge in [-0.3, -0.25) is 0 Å². The van der Waals surface area contributed by atoms with Crippen LogP contribution in [0, 0.1) is 0 Å². The molecule has 1 saturated carbocycles. The highest BCUT2D eigenvalue weighted by Gasteiger charge is 2.28. The SMILES string of the molecule is c1ccc2[nH]c(CNc3nn(C4CCOCC4)c4nc(C5CC5)cnc34)nc2c1. The van der Waals surface area contributed by atoms with Gasteiger partial charge in [-0.05, 0) is 37.8 Å². The normalized spacial score (nSPS) is 17.9. The summed E-state index contributed by atoms with van der Waals surface area (Å²) in [6, 6.07) is 8.35. The zero-order valence-corrected chi connectivity index (χ0v) is 16.1. The van der Waals surface area contributed by atoms with Gasteiger partial charge in [0, 0.05) is 25.3 Å². The molecule has 4 aromatic rings. The Bertz CT molecular complexity index is 1140. The van der Waals surface area contributed by atoms with Gasteiger partial charge in [0.05, 0.1) is 29.3 Å². The summed E-state index contributed by atoms with van der Waals surface area (Å²) < 4.78 is 7.61. The molecule has 1 saturated heterocycles. The van der Waals surface area contributed by atoms with E-state index in [0.717, 1.165) is 65.6 Å². The maximum absolute atomic E-state index is 5.54. The van der Waals surface area contributed by atoms with Crippen molar-refractivity contribution in [2.75, 3.05) is 18.5 Å². The molecule has 4 heterocycles. The lowest BCUT2D eigenvalue weighted by Crippen LogP contribution is -2.21. The Hall–Kier alpha value is -3.00. The van der Waals surface area contributed by atoms with Crippen molar-refractivity contribution in [1.82, 2.24) is 29.7 Å². The Labute approximate surface area is 167 Å². The number of anilines is 1. The number of fused-ring (bicyclic) bond motifs is 2. The van der Waals surface area contributed by atoms with Crippen molar-refractivity contribution >= 4 is 28.0 Å². The third-order valence-corrected chi connectivity index (χ3v) is 5.82. The summed E-state index contributed by atoms with van der Waals surface area (Å²) in [5, 5.41) is 8.32. The van der Waals surface area contributed by atoms with Gasteiger partial charge in [-0.25, -0.2) is 19.6 Å². The summed E-state index contributed by atoms with van der Waals surface area (Å²) in [5.41, 5.74) is 4.81. The minimum absolute atomic E-state index is 0.303. The maximum Gasteiger partial charge on any atom is 0.179 e. The number of aromatic nitrogens is 6. The van der Waals surface area contributed by atoms with Crippen LogP contribution in [0.1, 0.15) is 49.2 Å². The zero-order chi connectivity index (χ0) is 19.2. The van der Waals surface area contributed by atoms with Gasteiger partial charge in [-0.15, -0.1) is 0 Å². The molecule has 2 N–H and O–H groups in total. The molecule has 148 valence electrons. The minimum atomic E-state index is 0.303. The first-order valence-electron chi connectivity index (χ1n) is 10.4. The van der Waals surface area contributed by atoms with E-state index < -0.39 is 0 Å². The van der Waals surface area contributed by atoms with Crippen molar-refractivity contribution in [3.8, 4) is 0 Å². The van der Waals surface area contributed by atoms with E-state index in [0.29, 0.717) is 18.5 Å². The lowest BCUT2D eigenvalue weighted by Gasteiger charge is -2.22. The number of hydrogen-bond donors (Lipinski definition) is 2. The summed E-state index contributed by atoms with van der Waals surface area (Å²) in [4.78, 5) is 17.7. The fourth-order valence-electron chi connectivity index (χ4n) is 4.06. The number of ether oxygens (including phenoxy) is 1. The van der Waals surface area contributed by atoms with Crippen molar-refractivity contribution in [1.29, 1.82) is 0 Å². The number of imidazole rings is 1. The van der Waals surface area contributed by atoms with E-state index in [2.05, 4.69) is 20.0 Å². The number of benzene rings is 1. The first-order chi connectivity index (χ1) is 14.3. The zero-order valence-electron chi connectivity index (χ0n) is 16.1. The molecule has 0 amide bonds. The predicted octanol–water partition coefficient (Wildman–Crippen LogP) is 3.54. The number of hydrogen-bond acceptors (Lipinski definition) is 6. The molecular weight excluding hydrogens is 366 g/mol. The fraction of sp³-hybridized carbons (Fsp3) is 0.429. The van der Waals surface area contributed by atoms with E-state index in [1.165, 1.54) is 12.8 Å². The van der Waals surface area contributed by atoms with Gasteiger partial charge in [0.1, 0.15) is 5.82 Å². The Balaban J connectivity index is 1.34. The van der Waals surface area contributed by atoms with Crippen LogP contribution in [-0.4, -0.2) is 42.9 Å². The molecule has 8 heteroatoms. The number of rotatable bonds is 5. The number of H-pyrrole nitrogens is 1. The van der Waals surface area contributed by atoms with Crippen molar-refractivity contribution in [2.45, 2.75) is 44.2 Å². The van der Waals surface area contributed by atoms with Crippen LogP contribution in [0.3, 0.4) is 0 Å². The van der Waals surface area contributed by atoms with E-state index in [9.17, 15) is 0 Å². The number of para-hydroxylation sites is 2. The second-order valence-corrected chi connectivity index (χ2v) is 7.93. The molecule has 6 rings (SSSR count). The second-order valence-electron chi connectivity index (χ2n) is 7.93. The molecule has 3 aromatic heterocycles. The van der Waals surface area contributed by atoms with Crippen LogP contribution in [0.25, 0.3) is 22.2 Å². The van der Waals surface area contributed by atoms with Gasteiger partial charge in [0.15, 0.2) is 17.0 Å². The quantitative estimate of drug-likeness (QED) is 0.542. The summed E-state index contributed by atoms with van der Waals surface area (Å²) in [7, 11) is 0. The molecule has 1 aromatic carbocycles. The smallest absolute Gasteiger partial charge is 0.179 e. The first kappa shape index (κ1) is 16.9. The van der Waals surface area contributed by atoms with Crippen LogP contribution >= 0.6 is 0 Å². The van der Waals surface area contributed by atoms with Crippen LogP contribution in [-0.2, 0) is 11.3 Å². The number of nitrogens with zero attached hydrogens (tertiary/aromatic N) is 5. The topological polar surface area (TPSA) is 93.5 Å². The van der Waals surface area contributed by atoms with Crippen molar-refractivity contribution in [2.24, 2.45) is 0 Å². The summed E-state index contributed by atoms with van der Waals surface area (Å²) >= 11 is 0. The van der Waals surface area contributed by atoms with Crippen LogP contribution in [0.2, 0.25) is 0 Å². The van der Waals surface area contributed by atoms with Gasteiger partial charge < -0.3 is 15.0 Å². The van der Waals surface area contributed by atoms with Crippen molar-refractivity contribution in [3.63, 3.8) is 0 Å². The Kier molecular flexibility index (Phi) is 3.97. The molecule has 1 aliphatic carbocycles. The molecule has 2 aliphatic rings. The molecule has 0 unspecified atom stereocenters. The molecule has 29 heavy (non-hydrogen) atoms. The van der Waals surface area contributed by atoms with Crippen molar-refractivity contribution < 1.29 is 4.74 Å². The average molecular weight is 389 g/mol. The van der Waals surface area contributed by atoms with E-state index in [1.54, 1.807) is 0 Å². The molecule has 0 atom stereocenters. The van der Waals surface area contributed by atoms with Crippen molar-refractivity contribution in [3.05, 3.63) is 42.0 Å². The molecule has 8 nitrogen and oxygen atoms in total. The van der Waals surface area contributed by atoms with E-state index in [4.69, 9.17) is 19.8 Å². The van der Waals surface area contributed by atoms with Gasteiger partial charge in [0.2, 0.25) is 0 Å². The van der Waals surface area contributed by atoms with E-state index in [-0.39, 0.29) is 0 Å². The van der Waals surface area contributed by atoms with Crippen LogP contribution in [0.5, 0.6) is 0 Å². The molecular formula is C21H23N7O. The van der Waals surface area contributed by atoms with Crippen LogP contribution in [0.15, 0.2) is 30.5 Å². The standard InChI is InChI=1S/C21H23N7O/c1-2-4-16-15(3-1)24-18(25-16)12-23-20-19-21(26-17(11-22-19)13-5-6-13)28(27-20)14-7-9-29-10-8-14/h1-4,11,13-14H,5-10,12H2,(H,23,27)(H,24,25). The highest BCUT2D eigenvalue weighted by molar-refractivity contribution is 5.83. The third-order valence-electron chi connectivity index (χ3n) is 5.82. The highest BCUT2D eigenvalue weighted by Crippen LogP contribution is 2.39. The van der Waals surface area contributed by atoms with E-state index in [1.807, 2.05) is 30.5 Å². The molecule has 0 bridgehead atoms. The number of nitrogens with one attached hydrogen (secondary N) is 2. The average Bonchev–Trinajstić information content (AvgIpc) is 3.44. The Morgan fingerprint density at radius 3 is 2.79 bits per heavy atom. The number of aromatic amines is 1. The minimum Gasteiger partial charge on any atom is -0.381 e. The Morgan fingerprint density at radius 1 is 1.10 bits per heavy atom. The molecule has 2 fully saturated rings. The highest BCUT2D eigenvalue weighted by atomic mass is 16.5. The van der Waals surface area contributed by atoms with Gasteiger partial charge in [0.25, 0.3) is 0 Å². The molecule has 0 radical (unpaired) electrons. The second kappa shape index (κ2) is 6.81. The lowest BCUT2D eigenvalue weighted by atomic mass is 10.1. The van der Waals surface area contributed by atoms with Gasteiger partial charge in [-0.1, -0.05) is 12.1 Å². The maximum atomic E-state index is 5.54. The van der Waals surface area contributed by atoms with E-state index >= 15 is 0 Å². The van der Waals surface area contributed by atoms with Gasteiger partial charge >= 0.3 is 0 Å². The summed E-state index contributed by atoms with van der Waals surface area (Å²) in [6.07, 6.45) is 6.25. The monoisotopic (exact) mass is 389 g/mol. The Morgan fingerprint density at radius 2 is 1.97 bits per heavy atom. The largest absolute Gasteiger partial charge is 0.381 e. The molecule has 0 spiro atoms. The van der Waals surface area contributed by atoms with Crippen LogP contribution in [0.4, 0.5) is 5.82 Å². The lowest BCUT2D eigenvalue weighted by molar-refractivity contribution is 0.0674. The van der Waals surface area contributed by atoms with Crippen LogP contribution < -0.4 is 5.32 Å². The summed E-state index contributed by atoms with van der Waals surface area (Å²) in [6.45, 7) is 2.09.